The number of nitrogens with one attached hydrogen (secondary N) is 1. The molecule has 0 unspecified atom stereocenters. The summed E-state index contributed by atoms with van der Waals surface area (Å²) in [5, 5.41) is 9.32. The first-order chi connectivity index (χ1) is 12.3. The largest absolute Gasteiger partial charge is 0.457 e. The van der Waals surface area contributed by atoms with Gasteiger partial charge in [-0.05, 0) is 30.7 Å². The fraction of sp³-hybridized carbons (Fsp3) is 0.176. The Labute approximate surface area is 150 Å². The summed E-state index contributed by atoms with van der Waals surface area (Å²) in [6.45, 7) is 0.955. The van der Waals surface area contributed by atoms with Gasteiger partial charge in [-0.25, -0.2) is 8.78 Å². The highest BCUT2D eigenvalue weighted by molar-refractivity contribution is 7.99. The number of carbonyl (C=O) groups is 2. The second kappa shape index (κ2) is 8.40. The van der Waals surface area contributed by atoms with Crippen LogP contribution in [0.15, 0.2) is 34.1 Å². The van der Waals surface area contributed by atoms with E-state index < -0.39 is 35.6 Å². The summed E-state index contributed by atoms with van der Waals surface area (Å²) < 4.78 is 30.7. The number of nitrogens with zero attached hydrogens (tertiary/aromatic N) is 1. The highest BCUT2D eigenvalue weighted by Gasteiger charge is 2.14. The number of Topliss-reactive ketones (excluding diaryl/α,β-unsaturated/α-hetero) is 1. The van der Waals surface area contributed by atoms with Crippen LogP contribution in [0.5, 0.6) is 0 Å². The Kier molecular flexibility index (Phi) is 6.25. The van der Waals surface area contributed by atoms with Gasteiger partial charge in [0.1, 0.15) is 6.07 Å². The normalized spacial score (nSPS) is 10.2. The van der Waals surface area contributed by atoms with Gasteiger partial charge in [-0.15, -0.1) is 0 Å². The first-order valence-corrected chi connectivity index (χ1v) is 8.21. The van der Waals surface area contributed by atoms with Crippen molar-refractivity contribution in [1.82, 2.24) is 4.98 Å². The standard InChI is InChI=1S/C17H12F2N2O4S/c1-9-4-15(23)21-17(11(9)6-20)26-8-16(24)25-7-14(22)10-2-3-12(18)13(19)5-10/h2-5H,7-8H2,1H3,(H,21,23). The lowest BCUT2D eigenvalue weighted by atomic mass is 10.1. The summed E-state index contributed by atoms with van der Waals surface area (Å²) in [4.78, 5) is 37.5. The maximum Gasteiger partial charge on any atom is 0.316 e. The number of ketones is 1. The van der Waals surface area contributed by atoms with Crippen LogP contribution in [0.4, 0.5) is 8.78 Å². The molecule has 0 amide bonds. The number of hydrogen-bond acceptors (Lipinski definition) is 6. The summed E-state index contributed by atoms with van der Waals surface area (Å²) in [6.07, 6.45) is 0. The molecule has 0 fully saturated rings. The van der Waals surface area contributed by atoms with Gasteiger partial charge < -0.3 is 9.72 Å². The highest BCUT2D eigenvalue weighted by atomic mass is 32.2. The number of H-pyrrole nitrogens is 1. The van der Waals surface area contributed by atoms with Gasteiger partial charge >= 0.3 is 5.97 Å². The number of thioether (sulfide) groups is 1. The summed E-state index contributed by atoms with van der Waals surface area (Å²) in [5.74, 6) is -3.97. The molecular weight excluding hydrogens is 366 g/mol. The van der Waals surface area contributed by atoms with E-state index in [1.165, 1.54) is 6.07 Å². The Morgan fingerprint density at radius 3 is 2.65 bits per heavy atom. The molecule has 2 rings (SSSR count). The van der Waals surface area contributed by atoms with Gasteiger partial charge in [-0.2, -0.15) is 5.26 Å². The van der Waals surface area contributed by atoms with Crippen molar-refractivity contribution in [3.63, 3.8) is 0 Å². The molecule has 1 heterocycles. The Morgan fingerprint density at radius 1 is 1.27 bits per heavy atom. The van der Waals surface area contributed by atoms with Crippen molar-refractivity contribution in [3.8, 4) is 6.07 Å². The second-order valence-corrected chi connectivity index (χ2v) is 6.12. The molecule has 0 spiro atoms. The molecule has 0 aliphatic rings. The molecule has 0 aliphatic heterocycles. The molecule has 0 saturated heterocycles. The number of carbonyl (C=O) groups excluding carboxylic acids is 2. The minimum absolute atomic E-state index is 0.126. The third kappa shape index (κ3) is 4.77. The Balaban J connectivity index is 1.94. The van der Waals surface area contributed by atoms with Crippen LogP contribution in [-0.4, -0.2) is 29.1 Å². The smallest absolute Gasteiger partial charge is 0.316 e. The third-order valence-electron chi connectivity index (χ3n) is 3.26. The van der Waals surface area contributed by atoms with Crippen LogP contribution in [-0.2, 0) is 9.53 Å². The Bertz CT molecular complexity index is 966. The number of pyridine rings is 1. The second-order valence-electron chi connectivity index (χ2n) is 5.13. The maximum absolute atomic E-state index is 13.1. The van der Waals surface area contributed by atoms with Crippen molar-refractivity contribution < 1.29 is 23.1 Å². The van der Waals surface area contributed by atoms with Crippen molar-refractivity contribution in [2.75, 3.05) is 12.4 Å². The zero-order valence-corrected chi connectivity index (χ0v) is 14.3. The molecule has 0 aliphatic carbocycles. The van der Waals surface area contributed by atoms with Crippen molar-refractivity contribution in [1.29, 1.82) is 5.26 Å². The molecule has 0 atom stereocenters. The number of benzene rings is 1. The average Bonchev–Trinajstić information content (AvgIpc) is 2.59. The van der Waals surface area contributed by atoms with E-state index in [0.29, 0.717) is 5.56 Å². The number of halogens is 2. The van der Waals surface area contributed by atoms with Gasteiger partial charge in [-0.1, -0.05) is 11.8 Å². The summed E-state index contributed by atoms with van der Waals surface area (Å²) in [5.41, 5.74) is 0.172. The van der Waals surface area contributed by atoms with E-state index in [4.69, 9.17) is 10.00 Å². The number of rotatable bonds is 6. The number of esters is 1. The van der Waals surface area contributed by atoms with E-state index in [1.54, 1.807) is 6.92 Å². The number of nitriles is 1. The average molecular weight is 378 g/mol. The lowest BCUT2D eigenvalue weighted by molar-refractivity contribution is -0.139. The maximum atomic E-state index is 13.1. The quantitative estimate of drug-likeness (QED) is 0.471. The van der Waals surface area contributed by atoms with Gasteiger partial charge in [0.25, 0.3) is 0 Å². The minimum atomic E-state index is -1.18. The van der Waals surface area contributed by atoms with Crippen molar-refractivity contribution in [2.24, 2.45) is 0 Å². The summed E-state index contributed by atoms with van der Waals surface area (Å²) >= 11 is 0.886. The molecule has 0 saturated carbocycles. The molecule has 0 radical (unpaired) electrons. The highest BCUT2D eigenvalue weighted by Crippen LogP contribution is 2.21. The molecule has 26 heavy (non-hydrogen) atoms. The molecule has 1 aromatic heterocycles. The number of hydrogen-bond donors (Lipinski definition) is 1. The molecule has 1 N–H and O–H groups in total. The van der Waals surface area contributed by atoms with Gasteiger partial charge in [0.15, 0.2) is 24.0 Å². The van der Waals surface area contributed by atoms with E-state index in [2.05, 4.69) is 4.98 Å². The first-order valence-electron chi connectivity index (χ1n) is 7.22. The number of aryl methyl sites for hydroxylation is 1. The molecular formula is C17H12F2N2O4S. The van der Waals surface area contributed by atoms with Gasteiger partial charge in [0.2, 0.25) is 5.56 Å². The lowest BCUT2D eigenvalue weighted by Gasteiger charge is -2.07. The predicted octanol–water partition coefficient (Wildman–Crippen LogP) is 2.35. The SMILES string of the molecule is Cc1cc(=O)[nH]c(SCC(=O)OCC(=O)c2ccc(F)c(F)c2)c1C#N. The fourth-order valence-electron chi connectivity index (χ4n) is 1.98. The van der Waals surface area contributed by atoms with Crippen LogP contribution in [0.25, 0.3) is 0 Å². The Hall–Kier alpha value is -2.99. The molecule has 134 valence electrons. The summed E-state index contributed by atoms with van der Waals surface area (Å²) in [6, 6.07) is 5.80. The van der Waals surface area contributed by atoms with Crippen molar-refractivity contribution in [2.45, 2.75) is 11.9 Å². The summed E-state index contributed by atoms with van der Waals surface area (Å²) in [7, 11) is 0. The van der Waals surface area contributed by atoms with Crippen LogP contribution in [0.2, 0.25) is 0 Å². The van der Waals surface area contributed by atoms with Crippen molar-refractivity contribution >= 4 is 23.5 Å². The zero-order valence-electron chi connectivity index (χ0n) is 13.5. The molecule has 1 aromatic carbocycles. The first kappa shape index (κ1) is 19.3. The van der Waals surface area contributed by atoms with Crippen LogP contribution in [0.1, 0.15) is 21.5 Å². The van der Waals surface area contributed by atoms with Gasteiger partial charge in [-0.3, -0.25) is 14.4 Å². The molecule has 6 nitrogen and oxygen atoms in total. The predicted molar refractivity (Wildman–Crippen MR) is 88.9 cm³/mol. The number of aromatic amines is 1. The van der Waals surface area contributed by atoms with Crippen LogP contribution >= 0.6 is 11.8 Å². The third-order valence-corrected chi connectivity index (χ3v) is 4.23. The van der Waals surface area contributed by atoms with Gasteiger partial charge in [0, 0.05) is 11.6 Å². The molecule has 2 aromatic rings. The fourth-order valence-corrected chi connectivity index (χ4v) is 2.85. The van der Waals surface area contributed by atoms with Crippen LogP contribution < -0.4 is 5.56 Å². The van der Waals surface area contributed by atoms with E-state index in [1.807, 2.05) is 6.07 Å². The van der Waals surface area contributed by atoms with E-state index >= 15 is 0 Å². The van der Waals surface area contributed by atoms with E-state index in [-0.39, 0.29) is 21.9 Å². The number of aromatic nitrogens is 1. The molecule has 9 heteroatoms. The monoisotopic (exact) mass is 378 g/mol. The van der Waals surface area contributed by atoms with Crippen molar-refractivity contribution in [3.05, 3.63) is 62.9 Å². The van der Waals surface area contributed by atoms with E-state index in [9.17, 15) is 23.2 Å². The van der Waals surface area contributed by atoms with E-state index in [0.717, 1.165) is 30.0 Å². The lowest BCUT2D eigenvalue weighted by Crippen LogP contribution is -2.16. The molecule has 0 bridgehead atoms. The topological polar surface area (TPSA) is 100 Å². The zero-order chi connectivity index (χ0) is 19.3. The van der Waals surface area contributed by atoms with Gasteiger partial charge in [0.05, 0.1) is 16.3 Å². The number of ether oxygens (including phenoxy) is 1. The minimum Gasteiger partial charge on any atom is -0.457 e. The Morgan fingerprint density at radius 2 is 2.00 bits per heavy atom. The van der Waals surface area contributed by atoms with Crippen LogP contribution in [0, 0.1) is 29.9 Å². The van der Waals surface area contributed by atoms with Crippen LogP contribution in [0.3, 0.4) is 0 Å².